The number of anilines is 2. The lowest BCUT2D eigenvalue weighted by atomic mass is 10.1. The Morgan fingerprint density at radius 3 is 1.50 bits per heavy atom. The van der Waals surface area contributed by atoms with Gasteiger partial charge in [0.25, 0.3) is 5.92 Å². The van der Waals surface area contributed by atoms with Gasteiger partial charge in [0, 0.05) is 37.0 Å². The smallest absolute Gasteiger partial charge is 0.389 e. The molecule has 2 aromatic carbocycles. The molecule has 0 heterocycles. The summed E-state index contributed by atoms with van der Waals surface area (Å²) in [5.41, 5.74) is 0.178. The molecule has 142 valence electrons. The van der Waals surface area contributed by atoms with Crippen LogP contribution in [0.25, 0.3) is 0 Å². The van der Waals surface area contributed by atoms with E-state index in [0.717, 1.165) is 19.1 Å². The van der Waals surface area contributed by atoms with E-state index in [9.17, 15) is 27.1 Å². The summed E-state index contributed by atoms with van der Waals surface area (Å²) in [6.07, 6.45) is -5.22. The molecule has 0 spiro atoms. The third-order valence-electron chi connectivity index (χ3n) is 3.69. The Labute approximate surface area is 147 Å². The van der Waals surface area contributed by atoms with Crippen molar-refractivity contribution in [2.45, 2.75) is 25.1 Å². The van der Waals surface area contributed by atoms with Gasteiger partial charge in [-0.1, -0.05) is 12.1 Å². The van der Waals surface area contributed by atoms with E-state index in [1.165, 1.54) is 36.4 Å². The van der Waals surface area contributed by atoms with Gasteiger partial charge < -0.3 is 15.7 Å². The molecule has 3 nitrogen and oxygen atoms in total. The number of hydrogen-bond donors (Lipinski definition) is 3. The first-order valence-electron chi connectivity index (χ1n) is 7.87. The van der Waals surface area contributed by atoms with E-state index in [2.05, 4.69) is 10.6 Å². The first kappa shape index (κ1) is 20.0. The number of hydrogen-bond acceptors (Lipinski definition) is 3. The van der Waals surface area contributed by atoms with Crippen molar-refractivity contribution in [2.75, 3.05) is 23.7 Å². The highest BCUT2D eigenvalue weighted by molar-refractivity contribution is 5.46. The van der Waals surface area contributed by atoms with E-state index < -0.39 is 23.8 Å². The first-order valence-corrected chi connectivity index (χ1v) is 7.87. The maximum Gasteiger partial charge on any atom is 0.416 e. The average Bonchev–Trinajstić information content (AvgIpc) is 2.57. The maximum atomic E-state index is 13.1. The van der Waals surface area contributed by atoms with E-state index in [1.54, 1.807) is 0 Å². The summed E-state index contributed by atoms with van der Waals surface area (Å²) in [6.45, 7) is 1.07. The molecular weight excluding hydrogens is 355 g/mol. The van der Waals surface area contributed by atoms with Gasteiger partial charge in [0.05, 0.1) is 11.7 Å². The van der Waals surface area contributed by atoms with Crippen LogP contribution in [0, 0.1) is 0 Å². The molecule has 0 saturated heterocycles. The van der Waals surface area contributed by atoms with Crippen LogP contribution in [-0.2, 0) is 12.1 Å². The Morgan fingerprint density at radius 2 is 1.15 bits per heavy atom. The Balaban J connectivity index is 1.79. The van der Waals surface area contributed by atoms with Crippen molar-refractivity contribution in [2.24, 2.45) is 0 Å². The number of alkyl halides is 5. The number of aliphatic hydroxyl groups excluding tert-OH is 1. The Hall–Kier alpha value is -2.35. The molecule has 2 rings (SSSR count). The van der Waals surface area contributed by atoms with Crippen molar-refractivity contribution in [3.05, 3.63) is 59.7 Å². The van der Waals surface area contributed by atoms with Crippen molar-refractivity contribution in [1.82, 2.24) is 0 Å². The van der Waals surface area contributed by atoms with Gasteiger partial charge in [0.15, 0.2) is 0 Å². The van der Waals surface area contributed by atoms with Crippen LogP contribution in [0.5, 0.6) is 0 Å². The van der Waals surface area contributed by atoms with E-state index in [-0.39, 0.29) is 18.7 Å². The van der Waals surface area contributed by atoms with Crippen LogP contribution >= 0.6 is 0 Å². The van der Waals surface area contributed by atoms with Gasteiger partial charge in [-0.3, -0.25) is 0 Å². The zero-order valence-corrected chi connectivity index (χ0v) is 13.9. The monoisotopic (exact) mass is 374 g/mol. The molecule has 26 heavy (non-hydrogen) atoms. The van der Waals surface area contributed by atoms with Gasteiger partial charge in [-0.25, -0.2) is 8.78 Å². The molecule has 0 aromatic heterocycles. The maximum absolute atomic E-state index is 13.1. The molecule has 3 N–H and O–H groups in total. The molecule has 0 aliphatic carbocycles. The SMILES string of the molecule is CC(F)(F)c1ccc(NCC(O)CNc2ccc(C(F)(F)F)cc2)cc1. The molecule has 0 fully saturated rings. The van der Waals surface area contributed by atoms with Crippen LogP contribution in [-0.4, -0.2) is 24.3 Å². The fraction of sp³-hybridized carbons (Fsp3) is 0.333. The number of halogens is 5. The van der Waals surface area contributed by atoms with Gasteiger partial charge in [-0.2, -0.15) is 13.2 Å². The molecule has 2 aromatic rings. The Kier molecular flexibility index (Phi) is 6.07. The minimum Gasteiger partial charge on any atom is -0.389 e. The highest BCUT2D eigenvalue weighted by Crippen LogP contribution is 2.30. The van der Waals surface area contributed by atoms with Crippen molar-refractivity contribution < 1.29 is 27.1 Å². The fourth-order valence-corrected chi connectivity index (χ4v) is 2.20. The number of nitrogens with one attached hydrogen (secondary N) is 2. The summed E-state index contributed by atoms with van der Waals surface area (Å²) in [4.78, 5) is 0. The summed E-state index contributed by atoms with van der Waals surface area (Å²) in [6, 6.07) is 10.1. The summed E-state index contributed by atoms with van der Waals surface area (Å²) in [5.74, 6) is -2.91. The van der Waals surface area contributed by atoms with Crippen LogP contribution in [0.2, 0.25) is 0 Å². The predicted octanol–water partition coefficient (Wildman–Crippen LogP) is 4.70. The van der Waals surface area contributed by atoms with Crippen LogP contribution in [0.3, 0.4) is 0 Å². The van der Waals surface area contributed by atoms with Gasteiger partial charge in [-0.05, 0) is 36.4 Å². The number of benzene rings is 2. The van der Waals surface area contributed by atoms with Gasteiger partial charge in [-0.15, -0.1) is 0 Å². The van der Waals surface area contributed by atoms with E-state index >= 15 is 0 Å². The summed E-state index contributed by atoms with van der Waals surface area (Å²) < 4.78 is 63.7. The second-order valence-electron chi connectivity index (χ2n) is 5.96. The third-order valence-corrected chi connectivity index (χ3v) is 3.69. The lowest BCUT2D eigenvalue weighted by Crippen LogP contribution is -2.27. The Morgan fingerprint density at radius 1 is 0.769 bits per heavy atom. The van der Waals surface area contributed by atoms with Crippen molar-refractivity contribution in [3.63, 3.8) is 0 Å². The second-order valence-corrected chi connectivity index (χ2v) is 5.96. The molecule has 0 radical (unpaired) electrons. The topological polar surface area (TPSA) is 44.3 Å². The standard InChI is InChI=1S/C18H19F5N2O/c1-17(19,20)12-2-6-14(7-3-12)24-10-16(26)11-25-15-8-4-13(5-9-15)18(21,22)23/h2-9,16,24-26H,10-11H2,1H3. The lowest BCUT2D eigenvalue weighted by molar-refractivity contribution is -0.137. The normalized spacial score (nSPS) is 13.3. The van der Waals surface area contributed by atoms with Crippen LogP contribution in [0.1, 0.15) is 18.1 Å². The zero-order valence-electron chi connectivity index (χ0n) is 13.9. The van der Waals surface area contributed by atoms with Gasteiger partial charge in [0.1, 0.15) is 0 Å². The predicted molar refractivity (Wildman–Crippen MR) is 90.4 cm³/mol. The molecule has 0 amide bonds. The second kappa shape index (κ2) is 7.90. The number of aliphatic hydroxyl groups is 1. The first-order chi connectivity index (χ1) is 12.1. The van der Waals surface area contributed by atoms with Crippen molar-refractivity contribution >= 4 is 11.4 Å². The van der Waals surface area contributed by atoms with Gasteiger partial charge >= 0.3 is 6.18 Å². The molecule has 0 saturated carbocycles. The molecule has 1 unspecified atom stereocenters. The molecule has 1 atom stereocenters. The highest BCUT2D eigenvalue weighted by atomic mass is 19.4. The molecule has 0 aliphatic rings. The number of rotatable bonds is 7. The summed E-state index contributed by atoms with van der Waals surface area (Å²) in [7, 11) is 0. The minimum atomic E-state index is -4.39. The zero-order chi connectivity index (χ0) is 19.4. The van der Waals surface area contributed by atoms with E-state index in [1.807, 2.05) is 0 Å². The quantitative estimate of drug-likeness (QED) is 0.616. The summed E-state index contributed by atoms with van der Waals surface area (Å²) in [5, 5.41) is 15.7. The highest BCUT2D eigenvalue weighted by Gasteiger charge is 2.29. The van der Waals surface area contributed by atoms with Crippen LogP contribution in [0.15, 0.2) is 48.5 Å². The van der Waals surface area contributed by atoms with Gasteiger partial charge in [0.2, 0.25) is 0 Å². The molecule has 0 bridgehead atoms. The molecular formula is C18H19F5N2O. The fourth-order valence-electron chi connectivity index (χ4n) is 2.20. The lowest BCUT2D eigenvalue weighted by Gasteiger charge is -2.16. The minimum absolute atomic E-state index is 0.104. The Bertz CT molecular complexity index is 632. The van der Waals surface area contributed by atoms with Crippen LogP contribution in [0.4, 0.5) is 33.3 Å². The molecule has 0 aliphatic heterocycles. The average molecular weight is 374 g/mol. The largest absolute Gasteiger partial charge is 0.416 e. The van der Waals surface area contributed by atoms with Crippen molar-refractivity contribution in [3.8, 4) is 0 Å². The van der Waals surface area contributed by atoms with E-state index in [4.69, 9.17) is 0 Å². The third kappa shape index (κ3) is 5.87. The molecule has 8 heteroatoms. The van der Waals surface area contributed by atoms with Crippen molar-refractivity contribution in [1.29, 1.82) is 0 Å². The van der Waals surface area contributed by atoms with E-state index in [0.29, 0.717) is 11.4 Å². The summed E-state index contributed by atoms with van der Waals surface area (Å²) >= 11 is 0. The van der Waals surface area contributed by atoms with Crippen LogP contribution < -0.4 is 10.6 Å².